The molecule has 7 heteroatoms. The highest BCUT2D eigenvalue weighted by atomic mass is 35.5. The molecule has 108 valence electrons. The SMILES string of the molecule is OCC(CO)(CO)NCC(O)c1cc(Cl)ccc1Cl. The average molecular weight is 310 g/mol. The minimum atomic E-state index is -1.24. The molecule has 0 fully saturated rings. The zero-order valence-electron chi connectivity index (χ0n) is 10.2. The lowest BCUT2D eigenvalue weighted by Crippen LogP contribution is -2.55. The number of aliphatic hydroxyl groups is 4. The Labute approximate surface area is 121 Å². The normalized spacial score (nSPS) is 13.6. The maximum Gasteiger partial charge on any atom is 0.0929 e. The van der Waals surface area contributed by atoms with Crippen molar-refractivity contribution in [2.45, 2.75) is 11.6 Å². The van der Waals surface area contributed by atoms with Crippen molar-refractivity contribution in [1.82, 2.24) is 5.32 Å². The minimum Gasteiger partial charge on any atom is -0.394 e. The first-order valence-electron chi connectivity index (χ1n) is 5.68. The van der Waals surface area contributed by atoms with Crippen LogP contribution >= 0.6 is 23.2 Å². The molecule has 0 amide bonds. The van der Waals surface area contributed by atoms with E-state index in [2.05, 4.69) is 5.32 Å². The number of β-amino-alcohol motifs (C(OH)–C–C–N with tert-alkyl or cyclic N) is 1. The Hall–Kier alpha value is -0.400. The lowest BCUT2D eigenvalue weighted by atomic mass is 10.0. The third kappa shape index (κ3) is 4.29. The van der Waals surface area contributed by atoms with E-state index in [1.54, 1.807) is 12.1 Å². The highest BCUT2D eigenvalue weighted by molar-refractivity contribution is 6.33. The zero-order valence-corrected chi connectivity index (χ0v) is 11.7. The third-order valence-electron chi connectivity index (χ3n) is 2.90. The maximum atomic E-state index is 10.0. The Morgan fingerprint density at radius 3 is 2.21 bits per heavy atom. The van der Waals surface area contributed by atoms with Gasteiger partial charge in [0.15, 0.2) is 0 Å². The largest absolute Gasteiger partial charge is 0.394 e. The molecule has 5 nitrogen and oxygen atoms in total. The van der Waals surface area contributed by atoms with Gasteiger partial charge in [-0.15, -0.1) is 0 Å². The molecular weight excluding hydrogens is 293 g/mol. The van der Waals surface area contributed by atoms with Crippen LogP contribution in [0.3, 0.4) is 0 Å². The first-order chi connectivity index (χ1) is 8.98. The summed E-state index contributed by atoms with van der Waals surface area (Å²) in [5.41, 5.74) is -0.809. The second-order valence-electron chi connectivity index (χ2n) is 4.32. The summed E-state index contributed by atoms with van der Waals surface area (Å²) in [7, 11) is 0. The second-order valence-corrected chi connectivity index (χ2v) is 5.16. The fourth-order valence-corrected chi connectivity index (χ4v) is 1.93. The van der Waals surface area contributed by atoms with E-state index in [0.29, 0.717) is 15.6 Å². The molecule has 0 heterocycles. The van der Waals surface area contributed by atoms with Crippen LogP contribution in [-0.2, 0) is 0 Å². The Morgan fingerprint density at radius 1 is 1.11 bits per heavy atom. The molecule has 0 aromatic heterocycles. The van der Waals surface area contributed by atoms with E-state index in [-0.39, 0.29) is 6.54 Å². The van der Waals surface area contributed by atoms with Gasteiger partial charge in [-0.25, -0.2) is 0 Å². The van der Waals surface area contributed by atoms with E-state index in [4.69, 9.17) is 38.5 Å². The van der Waals surface area contributed by atoms with Crippen molar-refractivity contribution in [3.05, 3.63) is 33.8 Å². The van der Waals surface area contributed by atoms with Crippen LogP contribution in [0, 0.1) is 0 Å². The van der Waals surface area contributed by atoms with E-state index in [0.717, 1.165) is 0 Å². The molecule has 0 saturated carbocycles. The van der Waals surface area contributed by atoms with Crippen LogP contribution in [0.4, 0.5) is 0 Å². The molecule has 0 saturated heterocycles. The van der Waals surface area contributed by atoms with Gasteiger partial charge in [0.2, 0.25) is 0 Å². The van der Waals surface area contributed by atoms with Gasteiger partial charge in [0.1, 0.15) is 0 Å². The molecule has 0 spiro atoms. The number of benzene rings is 1. The molecule has 0 aliphatic rings. The second kappa shape index (κ2) is 7.40. The quantitative estimate of drug-likeness (QED) is 0.500. The van der Waals surface area contributed by atoms with Crippen LogP contribution in [0.1, 0.15) is 11.7 Å². The number of hydrogen-bond donors (Lipinski definition) is 5. The number of nitrogens with one attached hydrogen (secondary N) is 1. The maximum absolute atomic E-state index is 10.0. The topological polar surface area (TPSA) is 93.0 Å². The van der Waals surface area contributed by atoms with Crippen LogP contribution < -0.4 is 5.32 Å². The van der Waals surface area contributed by atoms with E-state index in [1.807, 2.05) is 0 Å². The summed E-state index contributed by atoms with van der Waals surface area (Å²) in [4.78, 5) is 0. The lowest BCUT2D eigenvalue weighted by molar-refractivity contribution is 0.0322. The van der Waals surface area contributed by atoms with Gasteiger partial charge in [-0.2, -0.15) is 0 Å². The monoisotopic (exact) mass is 309 g/mol. The molecule has 0 aliphatic heterocycles. The molecule has 1 aromatic rings. The third-order valence-corrected chi connectivity index (χ3v) is 3.47. The molecule has 1 rings (SSSR count). The smallest absolute Gasteiger partial charge is 0.0929 e. The molecule has 0 bridgehead atoms. The Balaban J connectivity index is 2.74. The van der Waals surface area contributed by atoms with Crippen molar-refractivity contribution < 1.29 is 20.4 Å². The Bertz CT molecular complexity index is 404. The van der Waals surface area contributed by atoms with Gasteiger partial charge in [0.05, 0.1) is 31.5 Å². The zero-order chi connectivity index (χ0) is 14.5. The van der Waals surface area contributed by atoms with E-state index < -0.39 is 31.5 Å². The van der Waals surface area contributed by atoms with Gasteiger partial charge in [-0.1, -0.05) is 23.2 Å². The molecule has 1 unspecified atom stereocenters. The van der Waals surface area contributed by atoms with Gasteiger partial charge in [-0.05, 0) is 18.2 Å². The highest BCUT2D eigenvalue weighted by Gasteiger charge is 2.28. The van der Waals surface area contributed by atoms with Gasteiger partial charge in [0, 0.05) is 22.2 Å². The van der Waals surface area contributed by atoms with Gasteiger partial charge in [0.25, 0.3) is 0 Å². The summed E-state index contributed by atoms with van der Waals surface area (Å²) in [6, 6.07) is 4.71. The molecule has 0 aliphatic carbocycles. The highest BCUT2D eigenvalue weighted by Crippen LogP contribution is 2.26. The van der Waals surface area contributed by atoms with E-state index in [9.17, 15) is 5.11 Å². The molecular formula is C12H17Cl2NO4. The first kappa shape index (κ1) is 16.7. The van der Waals surface area contributed by atoms with Crippen LogP contribution in [0.2, 0.25) is 10.0 Å². The van der Waals surface area contributed by atoms with Crippen molar-refractivity contribution >= 4 is 23.2 Å². The summed E-state index contributed by atoms with van der Waals surface area (Å²) in [6.45, 7) is -1.39. The molecule has 5 N–H and O–H groups in total. The number of rotatable bonds is 7. The molecule has 19 heavy (non-hydrogen) atoms. The average Bonchev–Trinajstić information content (AvgIpc) is 2.43. The number of halogens is 2. The molecule has 1 atom stereocenters. The van der Waals surface area contributed by atoms with Crippen molar-refractivity contribution in [3.63, 3.8) is 0 Å². The van der Waals surface area contributed by atoms with Crippen LogP contribution in [-0.4, -0.2) is 52.3 Å². The summed E-state index contributed by atoms with van der Waals surface area (Å²) < 4.78 is 0. The number of aliphatic hydroxyl groups excluding tert-OH is 4. The standard InChI is InChI=1S/C12H17Cl2NO4/c13-8-1-2-10(14)9(3-8)11(19)4-15-12(5-16,6-17)7-18/h1-3,11,15-19H,4-7H2. The number of hydrogen-bond acceptors (Lipinski definition) is 5. The summed E-state index contributed by atoms with van der Waals surface area (Å²) in [5.74, 6) is 0. The van der Waals surface area contributed by atoms with Crippen molar-refractivity contribution in [1.29, 1.82) is 0 Å². The molecule has 1 aromatic carbocycles. The summed E-state index contributed by atoms with van der Waals surface area (Å²) >= 11 is 11.8. The van der Waals surface area contributed by atoms with E-state index in [1.165, 1.54) is 6.07 Å². The predicted octanol–water partition coefficient (Wildman–Crippen LogP) is 0.332. The van der Waals surface area contributed by atoms with Gasteiger partial charge < -0.3 is 25.7 Å². The lowest BCUT2D eigenvalue weighted by Gasteiger charge is -2.30. The summed E-state index contributed by atoms with van der Waals surface area (Å²) in [5, 5.41) is 41.0. The van der Waals surface area contributed by atoms with Crippen molar-refractivity contribution in [2.24, 2.45) is 0 Å². The predicted molar refractivity (Wildman–Crippen MR) is 73.4 cm³/mol. The fourth-order valence-electron chi connectivity index (χ4n) is 1.51. The summed E-state index contributed by atoms with van der Waals surface area (Å²) in [6.07, 6.45) is -0.977. The van der Waals surface area contributed by atoms with E-state index >= 15 is 0 Å². The minimum absolute atomic E-state index is 0.00173. The van der Waals surface area contributed by atoms with Gasteiger partial charge >= 0.3 is 0 Å². The fraction of sp³-hybridized carbons (Fsp3) is 0.500. The van der Waals surface area contributed by atoms with Crippen LogP contribution in [0.5, 0.6) is 0 Å². The molecule has 0 radical (unpaired) electrons. The Morgan fingerprint density at radius 2 is 1.68 bits per heavy atom. The van der Waals surface area contributed by atoms with Crippen LogP contribution in [0.15, 0.2) is 18.2 Å². The van der Waals surface area contributed by atoms with Crippen LogP contribution in [0.25, 0.3) is 0 Å². The Kier molecular flexibility index (Phi) is 6.49. The van der Waals surface area contributed by atoms with Crippen molar-refractivity contribution in [2.75, 3.05) is 26.4 Å². The van der Waals surface area contributed by atoms with Crippen molar-refractivity contribution in [3.8, 4) is 0 Å². The van der Waals surface area contributed by atoms with Gasteiger partial charge in [-0.3, -0.25) is 0 Å². The first-order valence-corrected chi connectivity index (χ1v) is 6.44.